The normalized spacial score (nSPS) is 22.2. The van der Waals surface area contributed by atoms with Crippen LogP contribution in [0.1, 0.15) is 13.8 Å². The predicted molar refractivity (Wildman–Crippen MR) is 72.6 cm³/mol. The van der Waals surface area contributed by atoms with Crippen molar-refractivity contribution in [1.82, 2.24) is 14.2 Å². The van der Waals surface area contributed by atoms with E-state index in [0.29, 0.717) is 13.1 Å². The zero-order chi connectivity index (χ0) is 13.6. The number of hydrogen-bond acceptors (Lipinski definition) is 5. The van der Waals surface area contributed by atoms with E-state index in [1.807, 2.05) is 20.9 Å². The largest absolute Gasteiger partial charge is 0.299 e. The van der Waals surface area contributed by atoms with E-state index in [2.05, 4.69) is 9.88 Å². The summed E-state index contributed by atoms with van der Waals surface area (Å²) in [5.41, 5.74) is -0.167. The van der Waals surface area contributed by atoms with E-state index in [1.165, 1.54) is 10.5 Å². The SMILES string of the molecule is CN1CCN(S(=O)(=O)c2cnc(Cl)s2)CC1(C)C. The first-order chi connectivity index (χ1) is 8.23. The van der Waals surface area contributed by atoms with E-state index in [1.54, 1.807) is 0 Å². The van der Waals surface area contributed by atoms with Crippen molar-refractivity contribution in [2.45, 2.75) is 23.6 Å². The van der Waals surface area contributed by atoms with Gasteiger partial charge in [-0.1, -0.05) is 22.9 Å². The highest BCUT2D eigenvalue weighted by molar-refractivity contribution is 7.91. The molecule has 0 amide bonds. The third-order valence-electron chi connectivity index (χ3n) is 3.33. The van der Waals surface area contributed by atoms with E-state index >= 15 is 0 Å². The number of sulfonamides is 1. The van der Waals surface area contributed by atoms with Gasteiger partial charge in [0.1, 0.15) is 0 Å². The average molecular weight is 310 g/mol. The van der Waals surface area contributed by atoms with Crippen molar-refractivity contribution in [1.29, 1.82) is 0 Å². The summed E-state index contributed by atoms with van der Waals surface area (Å²) in [5, 5.41) is 0. The van der Waals surface area contributed by atoms with Crippen LogP contribution in [0.25, 0.3) is 0 Å². The van der Waals surface area contributed by atoms with Crippen molar-refractivity contribution in [2.24, 2.45) is 0 Å². The molecule has 0 aliphatic carbocycles. The average Bonchev–Trinajstić information content (AvgIpc) is 2.69. The molecule has 5 nitrogen and oxygen atoms in total. The zero-order valence-electron chi connectivity index (χ0n) is 10.6. The van der Waals surface area contributed by atoms with Crippen LogP contribution in [-0.2, 0) is 10.0 Å². The van der Waals surface area contributed by atoms with Crippen molar-refractivity contribution in [3.63, 3.8) is 0 Å². The number of thiazole rings is 1. The van der Waals surface area contributed by atoms with Gasteiger partial charge < -0.3 is 0 Å². The van der Waals surface area contributed by atoms with Gasteiger partial charge in [-0.3, -0.25) is 4.90 Å². The Morgan fingerprint density at radius 2 is 2.11 bits per heavy atom. The Bertz CT molecular complexity index is 541. The third kappa shape index (κ3) is 2.55. The molecule has 0 radical (unpaired) electrons. The first kappa shape index (κ1) is 14.2. The summed E-state index contributed by atoms with van der Waals surface area (Å²) in [5.74, 6) is 0. The van der Waals surface area contributed by atoms with Crippen molar-refractivity contribution in [3.05, 3.63) is 10.7 Å². The number of piperazine rings is 1. The molecule has 2 heterocycles. The summed E-state index contributed by atoms with van der Waals surface area (Å²) < 4.78 is 26.8. The zero-order valence-corrected chi connectivity index (χ0v) is 12.9. The number of rotatable bonds is 2. The lowest BCUT2D eigenvalue weighted by Crippen LogP contribution is -2.58. The highest BCUT2D eigenvalue weighted by Crippen LogP contribution is 2.29. The molecular formula is C10H16ClN3O2S2. The van der Waals surface area contributed by atoms with Gasteiger partial charge in [0.2, 0.25) is 0 Å². The summed E-state index contributed by atoms with van der Waals surface area (Å²) in [4.78, 5) is 5.96. The summed E-state index contributed by atoms with van der Waals surface area (Å²) >= 11 is 6.70. The molecule has 1 fully saturated rings. The van der Waals surface area contributed by atoms with Gasteiger partial charge in [0, 0.05) is 25.2 Å². The summed E-state index contributed by atoms with van der Waals surface area (Å²) in [7, 11) is -1.45. The molecule has 0 unspecified atom stereocenters. The van der Waals surface area contributed by atoms with E-state index < -0.39 is 10.0 Å². The fourth-order valence-electron chi connectivity index (χ4n) is 1.89. The van der Waals surface area contributed by atoms with E-state index in [9.17, 15) is 8.42 Å². The quantitative estimate of drug-likeness (QED) is 0.831. The Labute approximate surface area is 116 Å². The monoisotopic (exact) mass is 309 g/mol. The molecule has 0 bridgehead atoms. The smallest absolute Gasteiger partial charge is 0.254 e. The molecule has 0 spiro atoms. The summed E-state index contributed by atoms with van der Waals surface area (Å²) in [6, 6.07) is 0. The Morgan fingerprint density at radius 1 is 1.44 bits per heavy atom. The Balaban J connectivity index is 2.27. The van der Waals surface area contributed by atoms with Gasteiger partial charge in [0.05, 0.1) is 6.20 Å². The van der Waals surface area contributed by atoms with Crippen LogP contribution in [-0.4, -0.2) is 54.8 Å². The molecule has 1 aromatic heterocycles. The number of aromatic nitrogens is 1. The lowest BCUT2D eigenvalue weighted by Gasteiger charge is -2.44. The second kappa shape index (κ2) is 4.72. The van der Waals surface area contributed by atoms with Gasteiger partial charge in [-0.25, -0.2) is 13.4 Å². The minimum absolute atomic E-state index is 0.167. The Morgan fingerprint density at radius 3 is 2.61 bits per heavy atom. The molecule has 0 atom stereocenters. The predicted octanol–water partition coefficient (Wildman–Crippen LogP) is 1.51. The summed E-state index contributed by atoms with van der Waals surface area (Å²) in [6.45, 7) is 5.76. The van der Waals surface area contributed by atoms with E-state index in [4.69, 9.17) is 11.6 Å². The molecule has 18 heavy (non-hydrogen) atoms. The molecule has 1 aliphatic rings. The van der Waals surface area contributed by atoms with Crippen LogP contribution >= 0.6 is 22.9 Å². The van der Waals surface area contributed by atoms with Crippen molar-refractivity contribution < 1.29 is 8.42 Å². The molecule has 2 rings (SSSR count). The van der Waals surface area contributed by atoms with Gasteiger partial charge in [-0.15, -0.1) is 0 Å². The maximum atomic E-state index is 12.4. The highest BCUT2D eigenvalue weighted by Gasteiger charge is 2.37. The van der Waals surface area contributed by atoms with Crippen LogP contribution in [0.3, 0.4) is 0 Å². The minimum atomic E-state index is -3.46. The highest BCUT2D eigenvalue weighted by atomic mass is 35.5. The van der Waals surface area contributed by atoms with Gasteiger partial charge in [-0.05, 0) is 20.9 Å². The van der Waals surface area contributed by atoms with Crippen LogP contribution in [0.15, 0.2) is 10.4 Å². The molecule has 0 N–H and O–H groups in total. The van der Waals surface area contributed by atoms with Crippen LogP contribution in [0, 0.1) is 0 Å². The van der Waals surface area contributed by atoms with Crippen molar-refractivity contribution in [3.8, 4) is 0 Å². The maximum absolute atomic E-state index is 12.4. The van der Waals surface area contributed by atoms with E-state index in [-0.39, 0.29) is 14.2 Å². The first-order valence-electron chi connectivity index (χ1n) is 5.56. The summed E-state index contributed by atoms with van der Waals surface area (Å²) in [6.07, 6.45) is 1.33. The molecule has 0 aromatic carbocycles. The Hall–Kier alpha value is -0.210. The lowest BCUT2D eigenvalue weighted by molar-refractivity contribution is 0.0802. The molecule has 1 aromatic rings. The molecule has 0 saturated carbocycles. The fourth-order valence-corrected chi connectivity index (χ4v) is 4.92. The first-order valence-corrected chi connectivity index (χ1v) is 8.20. The van der Waals surface area contributed by atoms with E-state index in [0.717, 1.165) is 17.9 Å². The second-order valence-corrected chi connectivity index (χ2v) is 8.78. The van der Waals surface area contributed by atoms with Crippen LogP contribution in [0.2, 0.25) is 4.47 Å². The number of halogens is 1. The molecule has 102 valence electrons. The topological polar surface area (TPSA) is 53.5 Å². The van der Waals surface area contributed by atoms with Gasteiger partial charge >= 0.3 is 0 Å². The molecular weight excluding hydrogens is 294 g/mol. The van der Waals surface area contributed by atoms with Crippen molar-refractivity contribution in [2.75, 3.05) is 26.7 Å². The van der Waals surface area contributed by atoms with Gasteiger partial charge in [-0.2, -0.15) is 4.31 Å². The van der Waals surface area contributed by atoms with Crippen LogP contribution in [0.4, 0.5) is 0 Å². The number of likely N-dealkylation sites (N-methyl/N-ethyl adjacent to an activating group) is 1. The Kier molecular flexibility index (Phi) is 3.72. The maximum Gasteiger partial charge on any atom is 0.254 e. The third-order valence-corrected chi connectivity index (χ3v) is 6.73. The standard InChI is InChI=1S/C10H16ClN3O2S2/c1-10(2)7-14(5-4-13(10)3)18(15,16)8-6-12-9(11)17-8/h6H,4-5,7H2,1-3H3. The molecule has 1 saturated heterocycles. The van der Waals surface area contributed by atoms with Crippen LogP contribution < -0.4 is 0 Å². The number of hydrogen-bond donors (Lipinski definition) is 0. The lowest BCUT2D eigenvalue weighted by atomic mass is 10.0. The van der Waals surface area contributed by atoms with Crippen LogP contribution in [0.5, 0.6) is 0 Å². The fraction of sp³-hybridized carbons (Fsp3) is 0.700. The minimum Gasteiger partial charge on any atom is -0.299 e. The number of nitrogens with zero attached hydrogens (tertiary/aromatic N) is 3. The van der Waals surface area contributed by atoms with Crippen molar-refractivity contribution >= 4 is 33.0 Å². The molecule has 1 aliphatic heterocycles. The van der Waals surface area contributed by atoms with Gasteiger partial charge in [0.15, 0.2) is 8.68 Å². The second-order valence-electron chi connectivity index (χ2n) is 5.00. The van der Waals surface area contributed by atoms with Gasteiger partial charge in [0.25, 0.3) is 10.0 Å². The molecule has 8 heteroatoms.